The molecule has 1 aliphatic heterocycles. The van der Waals surface area contributed by atoms with E-state index >= 15 is 0 Å². The first-order chi connectivity index (χ1) is 11.7. The molecule has 2 aliphatic rings. The van der Waals surface area contributed by atoms with Crippen molar-refractivity contribution in [1.29, 1.82) is 0 Å². The number of carbonyl (C=O) groups is 2. The highest BCUT2D eigenvalue weighted by Gasteiger charge is 2.30. The highest BCUT2D eigenvalue weighted by molar-refractivity contribution is 6.10. The molecule has 2 aromatic carbocycles. The molecule has 2 aromatic rings. The standard InChI is InChI=1S/C18H16N2O4/c21-17(11-5-6-11)20-14-4-2-1-3-13(14)18(22)19-12-7-8-15-16(9-12)24-10-23-15/h1-4,7-9,11H,5-6,10H2,(H,19,22)(H,20,21). The third-order valence-electron chi connectivity index (χ3n) is 4.01. The van der Waals surface area contributed by atoms with Gasteiger partial charge in [-0.05, 0) is 37.1 Å². The van der Waals surface area contributed by atoms with Crippen molar-refractivity contribution in [3.63, 3.8) is 0 Å². The lowest BCUT2D eigenvalue weighted by atomic mass is 10.1. The second-order valence-corrected chi connectivity index (χ2v) is 5.83. The van der Waals surface area contributed by atoms with Crippen LogP contribution in [-0.2, 0) is 4.79 Å². The Balaban J connectivity index is 1.52. The Kier molecular flexibility index (Phi) is 3.57. The van der Waals surface area contributed by atoms with Crippen LogP contribution < -0.4 is 20.1 Å². The number of carbonyl (C=O) groups excluding carboxylic acids is 2. The topological polar surface area (TPSA) is 76.7 Å². The van der Waals surface area contributed by atoms with Crippen molar-refractivity contribution in [3.8, 4) is 11.5 Å². The molecule has 122 valence electrons. The van der Waals surface area contributed by atoms with Crippen LogP contribution in [0.2, 0.25) is 0 Å². The van der Waals surface area contributed by atoms with Gasteiger partial charge in [0.2, 0.25) is 12.7 Å². The molecule has 1 aliphatic carbocycles. The molecule has 1 fully saturated rings. The minimum absolute atomic E-state index is 0.0293. The van der Waals surface area contributed by atoms with Gasteiger partial charge in [0.05, 0.1) is 11.3 Å². The quantitative estimate of drug-likeness (QED) is 0.906. The summed E-state index contributed by atoms with van der Waals surface area (Å²) in [4.78, 5) is 24.5. The third-order valence-corrected chi connectivity index (χ3v) is 4.01. The lowest BCUT2D eigenvalue weighted by molar-refractivity contribution is -0.117. The van der Waals surface area contributed by atoms with Crippen molar-refractivity contribution in [1.82, 2.24) is 0 Å². The van der Waals surface area contributed by atoms with Crippen LogP contribution in [-0.4, -0.2) is 18.6 Å². The number of benzene rings is 2. The molecule has 0 atom stereocenters. The van der Waals surface area contributed by atoms with Crippen LogP contribution in [0.3, 0.4) is 0 Å². The van der Waals surface area contributed by atoms with Gasteiger partial charge in [-0.1, -0.05) is 12.1 Å². The van der Waals surface area contributed by atoms with Crippen LogP contribution in [0.4, 0.5) is 11.4 Å². The summed E-state index contributed by atoms with van der Waals surface area (Å²) >= 11 is 0. The van der Waals surface area contributed by atoms with Crippen LogP contribution in [0.15, 0.2) is 42.5 Å². The maximum Gasteiger partial charge on any atom is 0.257 e. The summed E-state index contributed by atoms with van der Waals surface area (Å²) in [5.41, 5.74) is 1.55. The Morgan fingerprint density at radius 3 is 2.58 bits per heavy atom. The van der Waals surface area contributed by atoms with E-state index in [9.17, 15) is 9.59 Å². The number of nitrogens with one attached hydrogen (secondary N) is 2. The molecular weight excluding hydrogens is 308 g/mol. The Hall–Kier alpha value is -3.02. The Labute approximate surface area is 138 Å². The van der Waals surface area contributed by atoms with E-state index in [-0.39, 0.29) is 24.5 Å². The normalized spacial score (nSPS) is 15.0. The predicted octanol–water partition coefficient (Wildman–Crippen LogP) is 3.02. The summed E-state index contributed by atoms with van der Waals surface area (Å²) < 4.78 is 10.6. The molecule has 6 nitrogen and oxygen atoms in total. The number of fused-ring (bicyclic) bond motifs is 1. The van der Waals surface area contributed by atoms with E-state index in [0.717, 1.165) is 12.8 Å². The fourth-order valence-corrected chi connectivity index (χ4v) is 2.54. The van der Waals surface area contributed by atoms with E-state index in [1.54, 1.807) is 42.5 Å². The van der Waals surface area contributed by atoms with Gasteiger partial charge in [0.15, 0.2) is 11.5 Å². The molecule has 6 heteroatoms. The highest BCUT2D eigenvalue weighted by atomic mass is 16.7. The zero-order chi connectivity index (χ0) is 16.5. The Morgan fingerprint density at radius 2 is 1.75 bits per heavy atom. The monoisotopic (exact) mass is 324 g/mol. The van der Waals surface area contributed by atoms with Gasteiger partial charge in [-0.2, -0.15) is 0 Å². The van der Waals surface area contributed by atoms with Crippen LogP contribution in [0.25, 0.3) is 0 Å². The summed E-state index contributed by atoms with van der Waals surface area (Å²) in [6.45, 7) is 0.183. The minimum atomic E-state index is -0.291. The first-order valence-electron chi connectivity index (χ1n) is 7.81. The van der Waals surface area contributed by atoms with Crippen LogP contribution in [0, 0.1) is 5.92 Å². The highest BCUT2D eigenvalue weighted by Crippen LogP contribution is 2.34. The smallest absolute Gasteiger partial charge is 0.257 e. The van der Waals surface area contributed by atoms with Crippen molar-refractivity contribution in [3.05, 3.63) is 48.0 Å². The fourth-order valence-electron chi connectivity index (χ4n) is 2.54. The summed E-state index contributed by atoms with van der Waals surface area (Å²) in [6.07, 6.45) is 1.83. The van der Waals surface area contributed by atoms with E-state index < -0.39 is 0 Å². The lowest BCUT2D eigenvalue weighted by Crippen LogP contribution is -2.19. The molecule has 24 heavy (non-hydrogen) atoms. The Bertz CT molecular complexity index is 814. The summed E-state index contributed by atoms with van der Waals surface area (Å²) in [6, 6.07) is 12.2. The SMILES string of the molecule is O=C(Nc1ccc2c(c1)OCO2)c1ccccc1NC(=O)C1CC1. The van der Waals surface area contributed by atoms with E-state index in [0.29, 0.717) is 28.4 Å². The lowest BCUT2D eigenvalue weighted by Gasteiger charge is -2.11. The molecule has 0 unspecified atom stereocenters. The fraction of sp³-hybridized carbons (Fsp3) is 0.222. The maximum atomic E-state index is 12.6. The van der Waals surface area contributed by atoms with Gasteiger partial charge in [0.25, 0.3) is 5.91 Å². The molecule has 0 aromatic heterocycles. The van der Waals surface area contributed by atoms with Gasteiger partial charge in [-0.3, -0.25) is 9.59 Å². The third kappa shape index (κ3) is 2.90. The number of ether oxygens (including phenoxy) is 2. The number of anilines is 2. The predicted molar refractivity (Wildman–Crippen MR) is 88.3 cm³/mol. The molecule has 4 rings (SSSR count). The summed E-state index contributed by atoms with van der Waals surface area (Å²) in [5, 5.41) is 5.66. The molecule has 0 radical (unpaired) electrons. The molecule has 0 bridgehead atoms. The van der Waals surface area contributed by atoms with Crippen LogP contribution in [0.1, 0.15) is 23.2 Å². The average Bonchev–Trinajstić information content (AvgIpc) is 3.34. The number of hydrogen-bond acceptors (Lipinski definition) is 4. The van der Waals surface area contributed by atoms with E-state index in [1.165, 1.54) is 0 Å². The van der Waals surface area contributed by atoms with Gasteiger partial charge in [0, 0.05) is 17.7 Å². The summed E-state index contributed by atoms with van der Waals surface area (Å²) in [5.74, 6) is 1.02. The van der Waals surface area contributed by atoms with Crippen molar-refractivity contribution < 1.29 is 19.1 Å². The number of rotatable bonds is 4. The average molecular weight is 324 g/mol. The van der Waals surface area contributed by atoms with E-state index in [4.69, 9.17) is 9.47 Å². The van der Waals surface area contributed by atoms with Gasteiger partial charge >= 0.3 is 0 Å². The van der Waals surface area contributed by atoms with Crippen molar-refractivity contribution in [2.24, 2.45) is 5.92 Å². The van der Waals surface area contributed by atoms with E-state index in [1.807, 2.05) is 0 Å². The van der Waals surface area contributed by atoms with Gasteiger partial charge in [0.1, 0.15) is 0 Å². The maximum absolute atomic E-state index is 12.6. The molecule has 0 saturated heterocycles. The van der Waals surface area contributed by atoms with Gasteiger partial charge in [-0.25, -0.2) is 0 Å². The second kappa shape index (κ2) is 5.88. The van der Waals surface area contributed by atoms with Crippen molar-refractivity contribution >= 4 is 23.2 Å². The molecule has 1 saturated carbocycles. The first kappa shape index (κ1) is 14.6. The largest absolute Gasteiger partial charge is 0.454 e. The van der Waals surface area contributed by atoms with Crippen LogP contribution in [0.5, 0.6) is 11.5 Å². The zero-order valence-corrected chi connectivity index (χ0v) is 12.9. The molecule has 2 N–H and O–H groups in total. The molecular formula is C18H16N2O4. The number of hydrogen-bond donors (Lipinski definition) is 2. The first-order valence-corrected chi connectivity index (χ1v) is 7.81. The Morgan fingerprint density at radius 1 is 0.958 bits per heavy atom. The molecule has 0 spiro atoms. The van der Waals surface area contributed by atoms with Gasteiger partial charge < -0.3 is 20.1 Å². The minimum Gasteiger partial charge on any atom is -0.454 e. The number of amides is 2. The van der Waals surface area contributed by atoms with E-state index in [2.05, 4.69) is 10.6 Å². The number of para-hydroxylation sites is 1. The molecule has 1 heterocycles. The summed E-state index contributed by atoms with van der Waals surface area (Å²) in [7, 11) is 0. The van der Waals surface area contributed by atoms with Gasteiger partial charge in [-0.15, -0.1) is 0 Å². The van der Waals surface area contributed by atoms with Crippen molar-refractivity contribution in [2.75, 3.05) is 17.4 Å². The molecule has 2 amide bonds. The zero-order valence-electron chi connectivity index (χ0n) is 12.9. The van der Waals surface area contributed by atoms with Crippen LogP contribution >= 0.6 is 0 Å². The second-order valence-electron chi connectivity index (χ2n) is 5.83. The van der Waals surface area contributed by atoms with Crippen molar-refractivity contribution in [2.45, 2.75) is 12.8 Å².